The van der Waals surface area contributed by atoms with Crippen LogP contribution in [0.1, 0.15) is 17.2 Å². The second-order valence-corrected chi connectivity index (χ2v) is 6.77. The molecule has 0 aliphatic carbocycles. The SMILES string of the molecule is O=C(C(Sc1ccc(F)cc1)c1ccccc1)N1CC[C@@H](O)C1. The monoisotopic (exact) mass is 331 g/mol. The molecule has 1 amide bonds. The van der Waals surface area contributed by atoms with Crippen LogP contribution in [0.2, 0.25) is 0 Å². The molecule has 0 radical (unpaired) electrons. The molecule has 1 unspecified atom stereocenters. The number of carbonyl (C=O) groups is 1. The first-order valence-electron chi connectivity index (χ1n) is 7.57. The van der Waals surface area contributed by atoms with E-state index in [1.165, 1.54) is 23.9 Å². The molecule has 2 aromatic rings. The van der Waals surface area contributed by atoms with Crippen molar-refractivity contribution in [3.63, 3.8) is 0 Å². The lowest BCUT2D eigenvalue weighted by atomic mass is 10.1. The predicted molar refractivity (Wildman–Crippen MR) is 88.6 cm³/mol. The largest absolute Gasteiger partial charge is 0.391 e. The summed E-state index contributed by atoms with van der Waals surface area (Å²) in [6.45, 7) is 0.958. The summed E-state index contributed by atoms with van der Waals surface area (Å²) in [4.78, 5) is 15.4. The van der Waals surface area contributed by atoms with Gasteiger partial charge in [0.2, 0.25) is 5.91 Å². The van der Waals surface area contributed by atoms with E-state index in [-0.39, 0.29) is 11.7 Å². The number of β-amino-alcohol motifs (C(OH)–C–C–N with tert-alkyl or cyclic N) is 1. The van der Waals surface area contributed by atoms with E-state index in [1.54, 1.807) is 17.0 Å². The van der Waals surface area contributed by atoms with Crippen molar-refractivity contribution in [1.29, 1.82) is 0 Å². The average Bonchev–Trinajstić information content (AvgIpc) is 3.01. The summed E-state index contributed by atoms with van der Waals surface area (Å²) in [6, 6.07) is 15.7. The summed E-state index contributed by atoms with van der Waals surface area (Å²) in [5.74, 6) is -0.304. The maximum atomic E-state index is 13.1. The number of hydrogen-bond donors (Lipinski definition) is 1. The van der Waals surface area contributed by atoms with Gasteiger partial charge >= 0.3 is 0 Å². The number of likely N-dealkylation sites (tertiary alicyclic amines) is 1. The van der Waals surface area contributed by atoms with E-state index >= 15 is 0 Å². The molecule has 2 aromatic carbocycles. The fraction of sp³-hybridized carbons (Fsp3) is 0.278. The van der Waals surface area contributed by atoms with Gasteiger partial charge in [-0.15, -0.1) is 11.8 Å². The van der Waals surface area contributed by atoms with E-state index in [9.17, 15) is 14.3 Å². The summed E-state index contributed by atoms with van der Waals surface area (Å²) in [6.07, 6.45) is 0.181. The highest BCUT2D eigenvalue weighted by Gasteiger charge is 2.31. The lowest BCUT2D eigenvalue weighted by Gasteiger charge is -2.23. The summed E-state index contributed by atoms with van der Waals surface area (Å²) < 4.78 is 13.1. The van der Waals surface area contributed by atoms with E-state index in [0.29, 0.717) is 19.5 Å². The smallest absolute Gasteiger partial charge is 0.240 e. The summed E-state index contributed by atoms with van der Waals surface area (Å²) >= 11 is 1.41. The van der Waals surface area contributed by atoms with E-state index in [2.05, 4.69) is 0 Å². The Balaban J connectivity index is 1.84. The molecule has 1 saturated heterocycles. The van der Waals surface area contributed by atoms with Gasteiger partial charge < -0.3 is 10.0 Å². The van der Waals surface area contributed by atoms with E-state index < -0.39 is 11.4 Å². The molecule has 1 N–H and O–H groups in total. The third-order valence-corrected chi connectivity index (χ3v) is 5.12. The van der Waals surface area contributed by atoms with Gasteiger partial charge in [-0.25, -0.2) is 4.39 Å². The molecule has 2 atom stereocenters. The van der Waals surface area contributed by atoms with E-state index in [0.717, 1.165) is 10.5 Å². The number of carbonyl (C=O) groups excluding carboxylic acids is 1. The Morgan fingerprint density at radius 2 is 1.87 bits per heavy atom. The highest BCUT2D eigenvalue weighted by Crippen LogP contribution is 2.37. The van der Waals surface area contributed by atoms with Crippen LogP contribution >= 0.6 is 11.8 Å². The van der Waals surface area contributed by atoms with Gasteiger partial charge in [0.15, 0.2) is 0 Å². The Morgan fingerprint density at radius 1 is 1.17 bits per heavy atom. The van der Waals surface area contributed by atoms with Gasteiger partial charge in [-0.1, -0.05) is 30.3 Å². The van der Waals surface area contributed by atoms with Crippen molar-refractivity contribution in [1.82, 2.24) is 4.90 Å². The molecule has 1 heterocycles. The normalized spacial score (nSPS) is 18.9. The van der Waals surface area contributed by atoms with Gasteiger partial charge in [0.1, 0.15) is 11.1 Å². The van der Waals surface area contributed by atoms with Gasteiger partial charge in [-0.2, -0.15) is 0 Å². The fourth-order valence-corrected chi connectivity index (χ4v) is 3.75. The Hall–Kier alpha value is -1.85. The molecule has 120 valence electrons. The summed E-state index contributed by atoms with van der Waals surface area (Å²) in [5, 5.41) is 9.28. The average molecular weight is 331 g/mol. The molecule has 1 aliphatic rings. The Morgan fingerprint density at radius 3 is 2.48 bits per heavy atom. The third-order valence-electron chi connectivity index (χ3n) is 3.87. The van der Waals surface area contributed by atoms with Crippen LogP contribution in [0, 0.1) is 5.82 Å². The van der Waals surface area contributed by atoms with Crippen LogP contribution in [0.4, 0.5) is 4.39 Å². The van der Waals surface area contributed by atoms with Crippen LogP contribution in [0.25, 0.3) is 0 Å². The van der Waals surface area contributed by atoms with Crippen LogP contribution in [-0.4, -0.2) is 35.1 Å². The highest BCUT2D eigenvalue weighted by molar-refractivity contribution is 8.00. The number of amides is 1. The third kappa shape index (κ3) is 3.92. The molecule has 0 bridgehead atoms. The first kappa shape index (κ1) is 16.0. The first-order chi connectivity index (χ1) is 11.1. The zero-order valence-electron chi connectivity index (χ0n) is 12.6. The van der Waals surface area contributed by atoms with Crippen LogP contribution in [-0.2, 0) is 4.79 Å². The van der Waals surface area contributed by atoms with Crippen LogP contribution in [0.3, 0.4) is 0 Å². The minimum atomic E-state index is -0.439. The number of rotatable bonds is 4. The van der Waals surface area contributed by atoms with Crippen molar-refractivity contribution < 1.29 is 14.3 Å². The molecule has 3 nitrogen and oxygen atoms in total. The van der Waals surface area contributed by atoms with Crippen molar-refractivity contribution in [2.75, 3.05) is 13.1 Å². The summed E-state index contributed by atoms with van der Waals surface area (Å²) in [5.41, 5.74) is 0.910. The molecule has 1 aliphatic heterocycles. The number of nitrogens with zero attached hydrogens (tertiary/aromatic N) is 1. The number of halogens is 1. The number of hydrogen-bond acceptors (Lipinski definition) is 3. The molecule has 0 aromatic heterocycles. The second-order valence-electron chi connectivity index (χ2n) is 5.59. The van der Waals surface area contributed by atoms with Crippen LogP contribution < -0.4 is 0 Å². The van der Waals surface area contributed by atoms with E-state index in [4.69, 9.17) is 0 Å². The molecular weight excluding hydrogens is 313 g/mol. The number of aliphatic hydroxyl groups is 1. The topological polar surface area (TPSA) is 40.5 Å². The van der Waals surface area contributed by atoms with Crippen LogP contribution in [0.5, 0.6) is 0 Å². The molecule has 1 fully saturated rings. The molecule has 23 heavy (non-hydrogen) atoms. The lowest BCUT2D eigenvalue weighted by molar-refractivity contribution is -0.130. The van der Waals surface area contributed by atoms with Crippen molar-refractivity contribution in [2.24, 2.45) is 0 Å². The Bertz CT molecular complexity index is 662. The molecule has 0 saturated carbocycles. The Kier molecular flexibility index (Phi) is 4.98. The second kappa shape index (κ2) is 7.15. The van der Waals surface area contributed by atoms with Gasteiger partial charge in [0, 0.05) is 18.0 Å². The quantitative estimate of drug-likeness (QED) is 0.874. The van der Waals surface area contributed by atoms with Gasteiger partial charge in [0.25, 0.3) is 0 Å². The van der Waals surface area contributed by atoms with Gasteiger partial charge in [0.05, 0.1) is 6.10 Å². The number of thioether (sulfide) groups is 1. The van der Waals surface area contributed by atoms with Gasteiger partial charge in [-0.3, -0.25) is 4.79 Å². The zero-order chi connectivity index (χ0) is 16.2. The molecule has 0 spiro atoms. The maximum Gasteiger partial charge on any atom is 0.240 e. The maximum absolute atomic E-state index is 13.1. The van der Waals surface area contributed by atoms with E-state index in [1.807, 2.05) is 30.3 Å². The van der Waals surface area contributed by atoms with Crippen molar-refractivity contribution in [3.05, 3.63) is 66.0 Å². The highest BCUT2D eigenvalue weighted by atomic mass is 32.2. The lowest BCUT2D eigenvalue weighted by Crippen LogP contribution is -2.33. The number of aliphatic hydroxyl groups excluding tert-OH is 1. The standard InChI is InChI=1S/C18H18FNO2S/c19-14-6-8-16(9-7-14)23-17(13-4-2-1-3-5-13)18(22)20-11-10-15(21)12-20/h1-9,15,17,21H,10-12H2/t15-,17?/m1/s1. The summed E-state index contributed by atoms with van der Waals surface area (Å²) in [7, 11) is 0. The molecular formula is C18H18FNO2S. The van der Waals surface area contributed by atoms with Crippen molar-refractivity contribution >= 4 is 17.7 Å². The zero-order valence-corrected chi connectivity index (χ0v) is 13.4. The van der Waals surface area contributed by atoms with Crippen molar-refractivity contribution in [3.8, 4) is 0 Å². The van der Waals surface area contributed by atoms with Crippen LogP contribution in [0.15, 0.2) is 59.5 Å². The minimum Gasteiger partial charge on any atom is -0.391 e. The van der Waals surface area contributed by atoms with Gasteiger partial charge in [-0.05, 0) is 36.2 Å². The number of benzene rings is 2. The predicted octanol–water partition coefficient (Wildman–Crippen LogP) is 3.25. The first-order valence-corrected chi connectivity index (χ1v) is 8.45. The van der Waals surface area contributed by atoms with Crippen molar-refractivity contribution in [2.45, 2.75) is 22.7 Å². The molecule has 3 rings (SSSR count). The molecule has 5 heteroatoms. The minimum absolute atomic E-state index is 0.0120. The fourth-order valence-electron chi connectivity index (χ4n) is 2.65. The Labute approximate surface area is 139 Å².